The highest BCUT2D eigenvalue weighted by Crippen LogP contribution is 2.43. The molecule has 2 aliphatic heterocycles. The van der Waals surface area contributed by atoms with E-state index < -0.39 is 10.8 Å². The minimum Gasteiger partial charge on any atom is -0.394 e. The molecule has 1 aromatic heterocycles. The van der Waals surface area contributed by atoms with Gasteiger partial charge in [0.1, 0.15) is 0 Å². The van der Waals surface area contributed by atoms with E-state index in [-0.39, 0.29) is 12.1 Å². The number of halogens is 1. The summed E-state index contributed by atoms with van der Waals surface area (Å²) >= 11 is 6.02. The maximum absolute atomic E-state index is 12.6. The highest BCUT2D eigenvalue weighted by atomic mass is 35.5. The van der Waals surface area contributed by atoms with Crippen LogP contribution in [0.25, 0.3) is 0 Å². The Morgan fingerprint density at radius 2 is 1.90 bits per heavy atom. The number of anilines is 2. The van der Waals surface area contributed by atoms with Gasteiger partial charge in [-0.05, 0) is 55.7 Å². The monoisotopic (exact) mass is 446 g/mol. The van der Waals surface area contributed by atoms with E-state index in [0.717, 1.165) is 56.0 Å². The van der Waals surface area contributed by atoms with Crippen molar-refractivity contribution in [2.45, 2.75) is 48.5 Å². The van der Waals surface area contributed by atoms with Crippen LogP contribution in [0.2, 0.25) is 5.02 Å². The quantitative estimate of drug-likeness (QED) is 0.776. The third-order valence-electron chi connectivity index (χ3n) is 7.00. The second-order valence-electron chi connectivity index (χ2n) is 8.61. The van der Waals surface area contributed by atoms with E-state index in [9.17, 15) is 9.32 Å². The molecular weight excluding hydrogens is 420 g/mol. The van der Waals surface area contributed by atoms with E-state index in [2.05, 4.69) is 26.9 Å². The van der Waals surface area contributed by atoms with Crippen LogP contribution in [-0.4, -0.2) is 56.8 Å². The first kappa shape index (κ1) is 20.2. The number of hydrogen-bond donors (Lipinski definition) is 1. The number of aliphatic hydroxyl groups excluding tert-OH is 1. The van der Waals surface area contributed by atoms with Gasteiger partial charge >= 0.3 is 0 Å². The first-order valence-corrected chi connectivity index (χ1v) is 12.4. The van der Waals surface area contributed by atoms with Crippen LogP contribution in [0.5, 0.6) is 0 Å². The molecule has 0 amide bonds. The molecule has 2 fully saturated rings. The van der Waals surface area contributed by atoms with Crippen molar-refractivity contribution in [2.24, 2.45) is 0 Å². The third-order valence-corrected chi connectivity index (χ3v) is 8.58. The van der Waals surface area contributed by atoms with Gasteiger partial charge in [-0.1, -0.05) is 23.7 Å². The Hall–Kier alpha value is -1.70. The molecule has 1 atom stereocenters. The minimum atomic E-state index is -1.07. The average Bonchev–Trinajstić information content (AvgIpc) is 2.75. The molecule has 1 saturated carbocycles. The molecule has 30 heavy (non-hydrogen) atoms. The number of hydrogen-bond acceptors (Lipinski definition) is 6. The van der Waals surface area contributed by atoms with Crippen LogP contribution in [0.4, 0.5) is 11.8 Å². The molecule has 2 aromatic rings. The lowest BCUT2D eigenvalue weighted by Crippen LogP contribution is -2.59. The van der Waals surface area contributed by atoms with Gasteiger partial charge in [0, 0.05) is 30.4 Å². The fourth-order valence-electron chi connectivity index (χ4n) is 4.96. The molecule has 0 spiro atoms. The Labute approximate surface area is 184 Å². The Morgan fingerprint density at radius 1 is 1.17 bits per heavy atom. The summed E-state index contributed by atoms with van der Waals surface area (Å²) in [6.45, 7) is 2.57. The summed E-state index contributed by atoms with van der Waals surface area (Å²) in [5, 5.41) is 10.8. The lowest BCUT2D eigenvalue weighted by Gasteiger charge is -2.51. The zero-order valence-electron chi connectivity index (χ0n) is 17.0. The van der Waals surface area contributed by atoms with Crippen molar-refractivity contribution in [3.8, 4) is 0 Å². The Bertz CT molecular complexity index is 937. The van der Waals surface area contributed by atoms with Gasteiger partial charge in [-0.3, -0.25) is 4.21 Å². The lowest BCUT2D eigenvalue weighted by molar-refractivity contribution is 0.115. The molecule has 5 rings (SSSR count). The molecule has 0 radical (unpaired) electrons. The molecule has 1 saturated heterocycles. The molecule has 1 aromatic carbocycles. The van der Waals surface area contributed by atoms with Gasteiger partial charge in [0.15, 0.2) is 5.82 Å². The maximum atomic E-state index is 12.6. The summed E-state index contributed by atoms with van der Waals surface area (Å²) in [4.78, 5) is 14.6. The average molecular weight is 447 g/mol. The van der Waals surface area contributed by atoms with Crippen molar-refractivity contribution in [3.05, 3.63) is 41.0 Å². The molecule has 3 aliphatic rings. The van der Waals surface area contributed by atoms with Gasteiger partial charge in [0.25, 0.3) is 0 Å². The zero-order chi connectivity index (χ0) is 20.7. The third kappa shape index (κ3) is 3.51. The second kappa shape index (κ2) is 8.09. The van der Waals surface area contributed by atoms with E-state index in [1.165, 1.54) is 5.56 Å². The Morgan fingerprint density at radius 3 is 2.53 bits per heavy atom. The van der Waals surface area contributed by atoms with Crippen LogP contribution in [-0.2, 0) is 10.8 Å². The van der Waals surface area contributed by atoms with Gasteiger partial charge in [0.2, 0.25) is 5.95 Å². The van der Waals surface area contributed by atoms with Crippen molar-refractivity contribution < 1.29 is 9.32 Å². The van der Waals surface area contributed by atoms with Gasteiger partial charge in [-0.15, -0.1) is 0 Å². The molecule has 3 heterocycles. The molecule has 1 aliphatic carbocycles. The van der Waals surface area contributed by atoms with Crippen LogP contribution in [0.15, 0.2) is 35.4 Å². The van der Waals surface area contributed by atoms with Crippen molar-refractivity contribution in [2.75, 3.05) is 41.8 Å². The first-order chi connectivity index (χ1) is 14.6. The second-order valence-corrected chi connectivity index (χ2v) is 10.6. The molecule has 1 N–H and O–H groups in total. The molecular formula is C22H27ClN4O2S. The maximum Gasteiger partial charge on any atom is 0.227 e. The summed E-state index contributed by atoms with van der Waals surface area (Å²) in [5.41, 5.74) is 1.09. The van der Waals surface area contributed by atoms with Crippen LogP contribution in [0.1, 0.15) is 43.6 Å². The summed E-state index contributed by atoms with van der Waals surface area (Å²) in [6.07, 6.45) is 6.86. The standard InChI is InChI=1S/C22H27ClN4O2S/c23-18-4-2-16(3-5-18)17-6-10-26(11-7-17)21-24-14-19-20(25-21)27(12-13-30(19)29)22(15-28)8-1-9-22/h2-5,14,17,28H,1,6-13,15H2. The Balaban J connectivity index is 1.36. The van der Waals surface area contributed by atoms with E-state index in [1.807, 2.05) is 12.1 Å². The summed E-state index contributed by atoms with van der Waals surface area (Å²) in [7, 11) is -1.07. The summed E-state index contributed by atoms with van der Waals surface area (Å²) in [6, 6.07) is 8.17. The number of benzene rings is 1. The van der Waals surface area contributed by atoms with Crippen LogP contribution in [0, 0.1) is 0 Å². The predicted octanol–water partition coefficient (Wildman–Crippen LogP) is 3.36. The molecule has 6 nitrogen and oxygen atoms in total. The fourth-order valence-corrected chi connectivity index (χ4v) is 6.18. The highest BCUT2D eigenvalue weighted by Gasteiger charge is 2.45. The topological polar surface area (TPSA) is 69.6 Å². The number of nitrogens with zero attached hydrogens (tertiary/aromatic N) is 4. The normalized spacial score (nSPS) is 23.7. The largest absolute Gasteiger partial charge is 0.394 e. The fraction of sp³-hybridized carbons (Fsp3) is 0.545. The smallest absolute Gasteiger partial charge is 0.227 e. The van der Waals surface area contributed by atoms with Gasteiger partial charge in [-0.2, -0.15) is 4.98 Å². The molecule has 8 heteroatoms. The molecule has 160 valence electrons. The highest BCUT2D eigenvalue weighted by molar-refractivity contribution is 7.85. The van der Waals surface area contributed by atoms with Gasteiger partial charge in [-0.25, -0.2) is 4.98 Å². The van der Waals surface area contributed by atoms with Crippen molar-refractivity contribution >= 4 is 34.2 Å². The number of aromatic nitrogens is 2. The van der Waals surface area contributed by atoms with Gasteiger partial charge in [0.05, 0.1) is 34.0 Å². The van der Waals surface area contributed by atoms with Crippen molar-refractivity contribution in [3.63, 3.8) is 0 Å². The lowest BCUT2D eigenvalue weighted by atomic mass is 9.76. The predicted molar refractivity (Wildman–Crippen MR) is 120 cm³/mol. The van der Waals surface area contributed by atoms with Crippen LogP contribution >= 0.6 is 11.6 Å². The zero-order valence-corrected chi connectivity index (χ0v) is 18.5. The van der Waals surface area contributed by atoms with E-state index in [4.69, 9.17) is 16.6 Å². The van der Waals surface area contributed by atoms with Crippen molar-refractivity contribution in [1.29, 1.82) is 0 Å². The van der Waals surface area contributed by atoms with Crippen LogP contribution < -0.4 is 9.80 Å². The van der Waals surface area contributed by atoms with E-state index in [0.29, 0.717) is 29.1 Å². The van der Waals surface area contributed by atoms with E-state index in [1.54, 1.807) is 6.20 Å². The number of rotatable bonds is 4. The molecule has 1 unspecified atom stereocenters. The van der Waals surface area contributed by atoms with Gasteiger partial charge < -0.3 is 14.9 Å². The minimum absolute atomic E-state index is 0.116. The number of piperidine rings is 1. The van der Waals surface area contributed by atoms with E-state index >= 15 is 0 Å². The summed E-state index contributed by atoms with van der Waals surface area (Å²) in [5.74, 6) is 2.56. The number of fused-ring (bicyclic) bond motifs is 1. The number of aliphatic hydroxyl groups is 1. The van der Waals surface area contributed by atoms with Crippen LogP contribution in [0.3, 0.4) is 0 Å². The SMILES string of the molecule is O=S1CCN(C2(CO)CCC2)c2nc(N3CCC(c4ccc(Cl)cc4)CC3)ncc21. The molecule has 0 bridgehead atoms. The summed E-state index contributed by atoms with van der Waals surface area (Å²) < 4.78 is 12.6. The Kier molecular flexibility index (Phi) is 5.45. The first-order valence-electron chi connectivity index (χ1n) is 10.7. The van der Waals surface area contributed by atoms with Crippen molar-refractivity contribution in [1.82, 2.24) is 9.97 Å².